The van der Waals surface area contributed by atoms with Gasteiger partial charge in [0.05, 0.1) is 5.69 Å². The smallest absolute Gasteiger partial charge is 0.223 e. The fraction of sp³-hybridized carbons (Fsp3) is 0. The summed E-state index contributed by atoms with van der Waals surface area (Å²) < 4.78 is 0.818. The minimum atomic E-state index is 0.116. The van der Waals surface area contributed by atoms with E-state index in [4.69, 9.17) is 28.9 Å². The maximum absolute atomic E-state index is 5.85. The molecule has 0 amide bonds. The van der Waals surface area contributed by atoms with Crippen LogP contribution in [-0.4, -0.2) is 9.97 Å². The van der Waals surface area contributed by atoms with Gasteiger partial charge in [-0.15, -0.1) is 0 Å². The van der Waals surface area contributed by atoms with E-state index < -0.39 is 0 Å². The van der Waals surface area contributed by atoms with Crippen molar-refractivity contribution in [2.75, 3.05) is 11.1 Å². The Balaban J connectivity index is 2.31. The number of aromatic nitrogens is 2. The van der Waals surface area contributed by atoms with Gasteiger partial charge in [-0.25, -0.2) is 4.98 Å². The van der Waals surface area contributed by atoms with E-state index in [-0.39, 0.29) is 11.1 Å². The second-order valence-electron chi connectivity index (χ2n) is 3.18. The van der Waals surface area contributed by atoms with Gasteiger partial charge in [0.15, 0.2) is 0 Å². The van der Waals surface area contributed by atoms with E-state index in [2.05, 4.69) is 31.2 Å². The number of rotatable bonds is 2. The van der Waals surface area contributed by atoms with Crippen LogP contribution in [0.1, 0.15) is 0 Å². The molecule has 0 bridgehead atoms. The van der Waals surface area contributed by atoms with Crippen molar-refractivity contribution in [3.63, 3.8) is 0 Å². The van der Waals surface area contributed by atoms with Crippen LogP contribution in [0.5, 0.6) is 0 Å². The summed E-state index contributed by atoms with van der Waals surface area (Å²) in [5.74, 6) is 0.635. The summed E-state index contributed by atoms with van der Waals surface area (Å²) in [6.45, 7) is 0. The molecule has 2 rings (SSSR count). The zero-order chi connectivity index (χ0) is 12.4. The Kier molecular flexibility index (Phi) is 3.71. The Bertz CT molecular complexity index is 542. The van der Waals surface area contributed by atoms with Crippen molar-refractivity contribution >= 4 is 56.6 Å². The van der Waals surface area contributed by atoms with Gasteiger partial charge in [0.1, 0.15) is 11.0 Å². The van der Waals surface area contributed by atoms with Crippen molar-refractivity contribution in [1.82, 2.24) is 9.97 Å². The van der Waals surface area contributed by atoms with Crippen LogP contribution in [0.3, 0.4) is 0 Å². The first-order valence-corrected chi connectivity index (χ1v) is 6.11. The Morgan fingerprint density at radius 2 is 1.94 bits per heavy atom. The lowest BCUT2D eigenvalue weighted by molar-refractivity contribution is 1.18. The summed E-state index contributed by atoms with van der Waals surface area (Å²) in [6.07, 6.45) is 0. The second-order valence-corrected chi connectivity index (χ2v) is 4.86. The van der Waals surface area contributed by atoms with E-state index in [9.17, 15) is 0 Å². The minimum absolute atomic E-state index is 0.116. The van der Waals surface area contributed by atoms with Crippen LogP contribution in [0.4, 0.5) is 17.5 Å². The van der Waals surface area contributed by atoms with E-state index in [0.717, 1.165) is 10.2 Å². The highest BCUT2D eigenvalue weighted by Gasteiger charge is 2.04. The first kappa shape index (κ1) is 12.4. The molecule has 0 saturated carbocycles. The lowest BCUT2D eigenvalue weighted by atomic mass is 10.3. The quantitative estimate of drug-likeness (QED) is 0.819. The number of halogens is 3. The lowest BCUT2D eigenvalue weighted by Gasteiger charge is -2.08. The Hall–Kier alpha value is -1.04. The summed E-state index contributed by atoms with van der Waals surface area (Å²) in [6, 6.07) is 6.94. The number of nitrogens with two attached hydrogens (primary N) is 1. The van der Waals surface area contributed by atoms with Gasteiger partial charge in [-0.3, -0.25) is 0 Å². The molecule has 1 heterocycles. The van der Waals surface area contributed by atoms with Crippen molar-refractivity contribution in [3.05, 3.63) is 38.9 Å². The molecule has 1 aromatic heterocycles. The predicted octanol–water partition coefficient (Wildman–Crippen LogP) is 3.87. The van der Waals surface area contributed by atoms with Crippen molar-refractivity contribution in [2.45, 2.75) is 0 Å². The van der Waals surface area contributed by atoms with E-state index in [1.54, 1.807) is 18.2 Å². The first-order chi connectivity index (χ1) is 8.04. The molecule has 0 aliphatic carbocycles. The molecule has 2 aromatic rings. The van der Waals surface area contributed by atoms with Crippen molar-refractivity contribution in [2.24, 2.45) is 0 Å². The minimum Gasteiger partial charge on any atom is -0.368 e. The van der Waals surface area contributed by atoms with Crippen LogP contribution >= 0.6 is 39.1 Å². The molecular weight excluding hydrogens is 327 g/mol. The van der Waals surface area contributed by atoms with Crippen molar-refractivity contribution < 1.29 is 0 Å². The third-order valence-electron chi connectivity index (χ3n) is 1.91. The van der Waals surface area contributed by atoms with Gasteiger partial charge in [-0.2, -0.15) is 4.98 Å². The van der Waals surface area contributed by atoms with Gasteiger partial charge in [0.2, 0.25) is 5.95 Å². The molecule has 4 nitrogen and oxygen atoms in total. The fourth-order valence-corrected chi connectivity index (χ4v) is 2.20. The molecule has 0 spiro atoms. The average molecular weight is 334 g/mol. The molecule has 0 atom stereocenters. The molecule has 0 aliphatic heterocycles. The zero-order valence-electron chi connectivity index (χ0n) is 8.42. The average Bonchev–Trinajstić information content (AvgIpc) is 2.21. The molecule has 0 aliphatic rings. The van der Waals surface area contributed by atoms with E-state index in [1.165, 1.54) is 0 Å². The third-order valence-corrected chi connectivity index (χ3v) is 2.99. The molecule has 0 fully saturated rings. The number of nitrogens with zero attached hydrogens (tertiary/aromatic N) is 2. The zero-order valence-corrected chi connectivity index (χ0v) is 11.5. The van der Waals surface area contributed by atoms with E-state index in [1.807, 2.05) is 6.07 Å². The molecule has 0 radical (unpaired) electrons. The fourth-order valence-electron chi connectivity index (χ4n) is 1.23. The van der Waals surface area contributed by atoms with Gasteiger partial charge in [0, 0.05) is 15.6 Å². The van der Waals surface area contributed by atoms with Crippen LogP contribution < -0.4 is 11.1 Å². The molecule has 88 valence electrons. The molecule has 0 saturated heterocycles. The highest BCUT2D eigenvalue weighted by molar-refractivity contribution is 9.10. The highest BCUT2D eigenvalue weighted by atomic mass is 79.9. The topological polar surface area (TPSA) is 63.8 Å². The number of anilines is 3. The number of nitrogens with one attached hydrogen (secondary N) is 1. The molecule has 1 aromatic carbocycles. The summed E-state index contributed by atoms with van der Waals surface area (Å²) >= 11 is 15.0. The number of nitrogen functional groups attached to an aromatic ring is 1. The number of hydrogen-bond acceptors (Lipinski definition) is 4. The van der Waals surface area contributed by atoms with E-state index >= 15 is 0 Å². The SMILES string of the molecule is Nc1nc(Cl)cc(Nc2ccc(Cl)cc2Br)n1. The van der Waals surface area contributed by atoms with Gasteiger partial charge in [-0.05, 0) is 34.1 Å². The second kappa shape index (κ2) is 5.08. The van der Waals surface area contributed by atoms with Crippen LogP contribution in [-0.2, 0) is 0 Å². The molecular formula is C10H7BrCl2N4. The Labute approximate surface area is 116 Å². The summed E-state index contributed by atoms with van der Waals surface area (Å²) in [7, 11) is 0. The maximum atomic E-state index is 5.85. The predicted molar refractivity (Wildman–Crippen MR) is 73.9 cm³/mol. The molecule has 7 heteroatoms. The standard InChI is InChI=1S/C10H7BrCl2N4/c11-6-3-5(12)1-2-7(6)15-9-4-8(13)16-10(14)17-9/h1-4H,(H3,14,15,16,17). The largest absolute Gasteiger partial charge is 0.368 e. The summed E-state index contributed by atoms with van der Waals surface area (Å²) in [4.78, 5) is 7.78. The van der Waals surface area contributed by atoms with E-state index in [0.29, 0.717) is 10.8 Å². The number of hydrogen-bond donors (Lipinski definition) is 2. The molecule has 0 unspecified atom stereocenters. The Morgan fingerprint density at radius 3 is 2.59 bits per heavy atom. The van der Waals surface area contributed by atoms with Crippen molar-refractivity contribution in [3.8, 4) is 0 Å². The van der Waals surface area contributed by atoms with Crippen LogP contribution in [0.2, 0.25) is 10.2 Å². The Morgan fingerprint density at radius 1 is 1.18 bits per heavy atom. The lowest BCUT2D eigenvalue weighted by Crippen LogP contribution is -2.00. The monoisotopic (exact) mass is 332 g/mol. The van der Waals surface area contributed by atoms with Gasteiger partial charge in [-0.1, -0.05) is 23.2 Å². The van der Waals surface area contributed by atoms with Crippen molar-refractivity contribution in [1.29, 1.82) is 0 Å². The number of benzene rings is 1. The van der Waals surface area contributed by atoms with Gasteiger partial charge >= 0.3 is 0 Å². The van der Waals surface area contributed by atoms with Crippen LogP contribution in [0.15, 0.2) is 28.7 Å². The molecule has 3 N–H and O–H groups in total. The van der Waals surface area contributed by atoms with Gasteiger partial charge < -0.3 is 11.1 Å². The highest BCUT2D eigenvalue weighted by Crippen LogP contribution is 2.28. The van der Waals surface area contributed by atoms with Crippen LogP contribution in [0, 0.1) is 0 Å². The third kappa shape index (κ3) is 3.21. The molecule has 17 heavy (non-hydrogen) atoms. The van der Waals surface area contributed by atoms with Crippen LogP contribution in [0.25, 0.3) is 0 Å². The first-order valence-electron chi connectivity index (χ1n) is 4.57. The van der Waals surface area contributed by atoms with Gasteiger partial charge in [0.25, 0.3) is 0 Å². The normalized spacial score (nSPS) is 10.3. The summed E-state index contributed by atoms with van der Waals surface area (Å²) in [5.41, 5.74) is 6.30. The maximum Gasteiger partial charge on any atom is 0.223 e. The summed E-state index contributed by atoms with van der Waals surface area (Å²) in [5, 5.41) is 3.98.